The lowest BCUT2D eigenvalue weighted by molar-refractivity contribution is 0.472. The van der Waals surface area contributed by atoms with Gasteiger partial charge in [-0.15, -0.1) is 15.3 Å². The van der Waals surface area contributed by atoms with Crippen molar-refractivity contribution in [2.75, 3.05) is 11.1 Å². The SMILES string of the molecule is Nc1ccc2c(O)c(N=Nc3ccc(N=Nc4ccc(Nc5ccccc5S(=O)(=O)O)cc4)c4cc(S(=O)(=O)O)ccc34)c(S(=O)(=O)O)cc2c1. The fraction of sp³-hybridized carbons (Fsp3) is 0. The Morgan fingerprint density at radius 3 is 1.86 bits per heavy atom. The van der Waals surface area contributed by atoms with E-state index in [0.29, 0.717) is 11.4 Å². The highest BCUT2D eigenvalue weighted by Gasteiger charge is 2.22. The van der Waals surface area contributed by atoms with Crippen molar-refractivity contribution in [2.45, 2.75) is 14.7 Å². The molecule has 0 atom stereocenters. The molecule has 6 aromatic carbocycles. The van der Waals surface area contributed by atoms with Gasteiger partial charge in [0.15, 0.2) is 5.75 Å². The zero-order chi connectivity index (χ0) is 36.7. The van der Waals surface area contributed by atoms with Crippen molar-refractivity contribution in [1.29, 1.82) is 0 Å². The van der Waals surface area contributed by atoms with Crippen LogP contribution in [0.3, 0.4) is 0 Å². The van der Waals surface area contributed by atoms with Crippen molar-refractivity contribution >= 4 is 91.7 Å². The molecule has 0 aromatic heterocycles. The summed E-state index contributed by atoms with van der Waals surface area (Å²) < 4.78 is 101. The van der Waals surface area contributed by atoms with Crippen LogP contribution in [0.15, 0.2) is 138 Å². The Kier molecular flexibility index (Phi) is 9.02. The second kappa shape index (κ2) is 13.1. The normalized spacial score (nSPS) is 12.7. The number of nitrogen functional groups attached to an aromatic ring is 1. The maximum absolute atomic E-state index is 12.2. The lowest BCUT2D eigenvalue weighted by atomic mass is 10.1. The van der Waals surface area contributed by atoms with Crippen LogP contribution in [0.5, 0.6) is 5.75 Å². The van der Waals surface area contributed by atoms with Gasteiger partial charge in [0.2, 0.25) is 0 Å². The second-order valence-electron chi connectivity index (χ2n) is 10.9. The first-order chi connectivity index (χ1) is 24.0. The first-order valence-electron chi connectivity index (χ1n) is 14.3. The van der Waals surface area contributed by atoms with E-state index in [0.717, 1.165) is 18.2 Å². The van der Waals surface area contributed by atoms with Crippen molar-refractivity contribution in [3.63, 3.8) is 0 Å². The number of nitrogens with zero attached hydrogens (tertiary/aromatic N) is 4. The number of hydrogen-bond acceptors (Lipinski definition) is 13. The molecule has 0 saturated heterocycles. The molecule has 16 nitrogen and oxygen atoms in total. The van der Waals surface area contributed by atoms with Crippen molar-refractivity contribution < 1.29 is 44.0 Å². The third-order valence-electron chi connectivity index (χ3n) is 7.44. The Labute approximate surface area is 289 Å². The predicted molar refractivity (Wildman–Crippen MR) is 188 cm³/mol. The van der Waals surface area contributed by atoms with Gasteiger partial charge in [0.1, 0.15) is 15.5 Å². The molecule has 0 bridgehead atoms. The Bertz CT molecular complexity index is 2770. The van der Waals surface area contributed by atoms with Gasteiger partial charge in [0.25, 0.3) is 30.4 Å². The zero-order valence-electron chi connectivity index (χ0n) is 25.6. The van der Waals surface area contributed by atoms with Crippen molar-refractivity contribution in [3.8, 4) is 5.75 Å². The summed E-state index contributed by atoms with van der Waals surface area (Å²) in [4.78, 5) is -1.53. The van der Waals surface area contributed by atoms with Crippen LogP contribution in [0.25, 0.3) is 21.5 Å². The molecule has 0 spiro atoms. The van der Waals surface area contributed by atoms with Crippen LogP contribution in [0.1, 0.15) is 0 Å². The molecule has 0 aliphatic heterocycles. The summed E-state index contributed by atoms with van der Waals surface area (Å²) in [6.07, 6.45) is 0. The minimum absolute atomic E-state index is 0.0598. The molecule has 7 N–H and O–H groups in total. The summed E-state index contributed by atoms with van der Waals surface area (Å²) in [5.41, 5.74) is 6.61. The summed E-state index contributed by atoms with van der Waals surface area (Å²) >= 11 is 0. The number of para-hydroxylation sites is 1. The summed E-state index contributed by atoms with van der Waals surface area (Å²) in [7, 11) is -14.1. The van der Waals surface area contributed by atoms with Crippen LogP contribution in [0, 0.1) is 0 Å². The highest BCUT2D eigenvalue weighted by Crippen LogP contribution is 2.43. The Morgan fingerprint density at radius 1 is 0.569 bits per heavy atom. The number of anilines is 3. The fourth-order valence-corrected chi connectivity index (χ4v) is 6.88. The first-order valence-corrected chi connectivity index (χ1v) is 18.6. The summed E-state index contributed by atoms with van der Waals surface area (Å²) in [6, 6.07) is 23.8. The number of benzene rings is 6. The third-order valence-corrected chi connectivity index (χ3v) is 10.1. The molecule has 19 heteroatoms. The van der Waals surface area contributed by atoms with Crippen molar-refractivity contribution in [2.24, 2.45) is 20.5 Å². The van der Waals surface area contributed by atoms with Gasteiger partial charge in [-0.1, -0.05) is 18.2 Å². The van der Waals surface area contributed by atoms with Gasteiger partial charge >= 0.3 is 0 Å². The van der Waals surface area contributed by atoms with E-state index in [9.17, 15) is 44.0 Å². The Hall–Kier alpha value is -5.83. The topological polar surface area (TPSA) is 271 Å². The average molecular weight is 749 g/mol. The number of phenolic OH excluding ortho intramolecular Hbond substituents is 1. The number of rotatable bonds is 9. The van der Waals surface area contributed by atoms with Crippen LogP contribution in [0.2, 0.25) is 0 Å². The monoisotopic (exact) mass is 748 g/mol. The highest BCUT2D eigenvalue weighted by atomic mass is 32.2. The van der Waals surface area contributed by atoms with Gasteiger partial charge in [-0.3, -0.25) is 13.7 Å². The van der Waals surface area contributed by atoms with Crippen LogP contribution in [0.4, 0.5) is 39.8 Å². The standard InChI is InChI=1S/C32H24N6O10S3/c33-19-5-11-23-18(15-19)16-30(51(46,47)48)31(32(23)39)38-37-26-13-14-27(25-17-22(49(40,41)42)10-12-24(25)26)36-35-21-8-6-20(7-9-21)34-28-3-1-2-4-29(28)50(43,44)45/h1-17,34,39H,33H2,(H,40,41,42)(H,43,44,45)(H,46,47,48). The van der Waals surface area contributed by atoms with Crippen LogP contribution < -0.4 is 11.1 Å². The average Bonchev–Trinajstić information content (AvgIpc) is 3.06. The number of phenols is 1. The molecular weight excluding hydrogens is 725 g/mol. The second-order valence-corrected chi connectivity index (χ2v) is 15.1. The smallest absolute Gasteiger partial charge is 0.296 e. The maximum Gasteiger partial charge on any atom is 0.296 e. The molecule has 51 heavy (non-hydrogen) atoms. The molecule has 0 radical (unpaired) electrons. The molecule has 0 aliphatic carbocycles. The lowest BCUT2D eigenvalue weighted by Gasteiger charge is -2.10. The minimum Gasteiger partial charge on any atom is -0.505 e. The van der Waals surface area contributed by atoms with Gasteiger partial charge in [0.05, 0.1) is 27.6 Å². The highest BCUT2D eigenvalue weighted by molar-refractivity contribution is 7.86. The lowest BCUT2D eigenvalue weighted by Crippen LogP contribution is -2.02. The van der Waals surface area contributed by atoms with Crippen LogP contribution in [-0.4, -0.2) is 44.0 Å². The van der Waals surface area contributed by atoms with Gasteiger partial charge in [-0.25, -0.2) is 0 Å². The molecule has 0 saturated carbocycles. The van der Waals surface area contributed by atoms with E-state index in [1.807, 2.05) is 0 Å². The van der Waals surface area contributed by atoms with E-state index in [2.05, 4.69) is 25.8 Å². The van der Waals surface area contributed by atoms with E-state index in [4.69, 9.17) is 5.73 Å². The van der Waals surface area contributed by atoms with E-state index in [1.54, 1.807) is 30.3 Å². The Balaban J connectivity index is 1.38. The largest absolute Gasteiger partial charge is 0.505 e. The molecule has 0 heterocycles. The predicted octanol–water partition coefficient (Wildman–Crippen LogP) is 7.60. The van der Waals surface area contributed by atoms with Crippen molar-refractivity contribution in [1.82, 2.24) is 0 Å². The number of azo groups is 2. The number of hydrogen-bond donors (Lipinski definition) is 6. The summed E-state index contributed by atoms with van der Waals surface area (Å²) in [5, 5.41) is 31.1. The summed E-state index contributed by atoms with van der Waals surface area (Å²) in [6.45, 7) is 0. The van der Waals surface area contributed by atoms with E-state index in [1.165, 1.54) is 54.6 Å². The quantitative estimate of drug-likeness (QED) is 0.0474. The summed E-state index contributed by atoms with van der Waals surface area (Å²) in [5.74, 6) is -0.601. The van der Waals surface area contributed by atoms with E-state index in [-0.39, 0.29) is 49.2 Å². The van der Waals surface area contributed by atoms with Gasteiger partial charge in [-0.2, -0.15) is 30.4 Å². The van der Waals surface area contributed by atoms with Gasteiger partial charge in [0, 0.05) is 27.5 Å². The van der Waals surface area contributed by atoms with E-state index >= 15 is 0 Å². The molecular formula is C32H24N6O10S3. The zero-order valence-corrected chi connectivity index (χ0v) is 28.1. The first kappa shape index (κ1) is 35.0. The fourth-order valence-electron chi connectivity index (χ4n) is 5.07. The number of aromatic hydroxyl groups is 1. The number of nitrogens with two attached hydrogens (primary N) is 1. The molecule has 6 aromatic rings. The molecule has 0 unspecified atom stereocenters. The molecule has 0 amide bonds. The third kappa shape index (κ3) is 7.52. The maximum atomic E-state index is 12.2. The van der Waals surface area contributed by atoms with E-state index < -0.39 is 51.6 Å². The minimum atomic E-state index is -4.91. The van der Waals surface area contributed by atoms with Gasteiger partial charge in [-0.05, 0) is 90.3 Å². The van der Waals surface area contributed by atoms with Crippen molar-refractivity contribution in [3.05, 3.63) is 103 Å². The number of fused-ring (bicyclic) bond motifs is 2. The molecule has 6 rings (SSSR count). The molecule has 260 valence electrons. The van der Waals surface area contributed by atoms with Crippen LogP contribution in [-0.2, 0) is 30.4 Å². The molecule has 0 fully saturated rings. The van der Waals surface area contributed by atoms with Crippen LogP contribution >= 0.6 is 0 Å². The Morgan fingerprint density at radius 2 is 1.20 bits per heavy atom. The van der Waals surface area contributed by atoms with Gasteiger partial charge < -0.3 is 16.2 Å². The number of nitrogens with one attached hydrogen (secondary N) is 1. The molecule has 0 aliphatic rings.